The van der Waals surface area contributed by atoms with Crippen molar-refractivity contribution in [3.05, 3.63) is 47.2 Å². The summed E-state index contributed by atoms with van der Waals surface area (Å²) in [5.74, 6) is 0.668. The molecule has 0 saturated carbocycles. The van der Waals surface area contributed by atoms with Gasteiger partial charge in [0.25, 0.3) is 0 Å². The van der Waals surface area contributed by atoms with Crippen LogP contribution in [-0.2, 0) is 0 Å². The second kappa shape index (κ2) is 4.86. The summed E-state index contributed by atoms with van der Waals surface area (Å²) in [5, 5.41) is 9.41. The fraction of sp³-hybridized carbons (Fsp3) is 0.0769. The van der Waals surface area contributed by atoms with E-state index >= 15 is 0 Å². The fourth-order valence-electron chi connectivity index (χ4n) is 1.51. The number of ether oxygens (including phenoxy) is 1. The maximum absolute atomic E-state index is 8.89. The third-order valence-electron chi connectivity index (χ3n) is 2.31. The number of benzene rings is 1. The largest absolute Gasteiger partial charge is 0.495 e. The van der Waals surface area contributed by atoms with Crippen molar-refractivity contribution in [2.24, 2.45) is 0 Å². The molecule has 0 atom stereocenters. The Kier molecular flexibility index (Phi) is 3.27. The van der Waals surface area contributed by atoms with E-state index in [2.05, 4.69) is 11.1 Å². The molecule has 3 nitrogen and oxygen atoms in total. The van der Waals surface area contributed by atoms with Gasteiger partial charge in [0, 0.05) is 16.8 Å². The molecule has 0 amide bonds. The van der Waals surface area contributed by atoms with E-state index in [9.17, 15) is 0 Å². The second-order valence-electron chi connectivity index (χ2n) is 3.45. The molecule has 1 aromatic carbocycles. The standard InChI is InChI=1S/C13H9ClN2O/c1-17-13-5-11(7-16-8-13)10-2-9(6-15)3-12(14)4-10/h2-5,7-8H,1H3. The molecule has 0 spiro atoms. The third-order valence-corrected chi connectivity index (χ3v) is 2.53. The van der Waals surface area contributed by atoms with Gasteiger partial charge in [-0.1, -0.05) is 11.6 Å². The number of hydrogen-bond donors (Lipinski definition) is 0. The average Bonchev–Trinajstić information content (AvgIpc) is 2.38. The number of nitrogens with zero attached hydrogens (tertiary/aromatic N) is 2. The Hall–Kier alpha value is -2.05. The van der Waals surface area contributed by atoms with E-state index in [-0.39, 0.29) is 0 Å². The smallest absolute Gasteiger partial charge is 0.137 e. The zero-order chi connectivity index (χ0) is 12.3. The highest BCUT2D eigenvalue weighted by molar-refractivity contribution is 6.31. The molecule has 0 bridgehead atoms. The lowest BCUT2D eigenvalue weighted by Gasteiger charge is -2.05. The fourth-order valence-corrected chi connectivity index (χ4v) is 1.74. The average molecular weight is 245 g/mol. The van der Waals surface area contributed by atoms with Crippen molar-refractivity contribution in [3.63, 3.8) is 0 Å². The summed E-state index contributed by atoms with van der Waals surface area (Å²) in [4.78, 5) is 4.07. The van der Waals surface area contributed by atoms with Crippen LogP contribution in [0.5, 0.6) is 5.75 Å². The minimum atomic E-state index is 0.523. The molecule has 0 N–H and O–H groups in total. The summed E-state index contributed by atoms with van der Waals surface area (Å²) in [7, 11) is 1.58. The van der Waals surface area contributed by atoms with Crippen LogP contribution in [0.2, 0.25) is 5.02 Å². The van der Waals surface area contributed by atoms with Gasteiger partial charge in [-0.3, -0.25) is 4.98 Å². The van der Waals surface area contributed by atoms with Crippen molar-refractivity contribution < 1.29 is 4.74 Å². The minimum absolute atomic E-state index is 0.523. The lowest BCUT2D eigenvalue weighted by molar-refractivity contribution is 0.413. The van der Waals surface area contributed by atoms with Crippen LogP contribution in [0.25, 0.3) is 11.1 Å². The molecule has 4 heteroatoms. The van der Waals surface area contributed by atoms with Gasteiger partial charge in [-0.2, -0.15) is 5.26 Å². The first-order valence-electron chi connectivity index (χ1n) is 4.93. The highest BCUT2D eigenvalue weighted by atomic mass is 35.5. The van der Waals surface area contributed by atoms with Gasteiger partial charge >= 0.3 is 0 Å². The van der Waals surface area contributed by atoms with Gasteiger partial charge in [-0.05, 0) is 29.8 Å². The van der Waals surface area contributed by atoms with E-state index in [4.69, 9.17) is 21.6 Å². The first-order chi connectivity index (χ1) is 8.22. The highest BCUT2D eigenvalue weighted by Crippen LogP contribution is 2.26. The van der Waals surface area contributed by atoms with Gasteiger partial charge in [0.1, 0.15) is 5.75 Å². The topological polar surface area (TPSA) is 45.9 Å². The third kappa shape index (κ3) is 2.55. The summed E-state index contributed by atoms with van der Waals surface area (Å²) in [6, 6.07) is 9.10. The van der Waals surface area contributed by atoms with Crippen LogP contribution in [0.4, 0.5) is 0 Å². The van der Waals surface area contributed by atoms with Gasteiger partial charge in [0.2, 0.25) is 0 Å². The van der Waals surface area contributed by atoms with Crippen LogP contribution >= 0.6 is 11.6 Å². The molecular weight excluding hydrogens is 236 g/mol. The molecule has 0 fully saturated rings. The van der Waals surface area contributed by atoms with Crippen molar-refractivity contribution >= 4 is 11.6 Å². The van der Waals surface area contributed by atoms with Crippen molar-refractivity contribution in [1.29, 1.82) is 5.26 Å². The number of halogens is 1. The maximum atomic E-state index is 8.89. The first-order valence-corrected chi connectivity index (χ1v) is 5.31. The number of hydrogen-bond acceptors (Lipinski definition) is 3. The van der Waals surface area contributed by atoms with E-state index < -0.39 is 0 Å². The van der Waals surface area contributed by atoms with Gasteiger partial charge in [0.15, 0.2) is 0 Å². The van der Waals surface area contributed by atoms with Crippen LogP contribution in [0.15, 0.2) is 36.7 Å². The zero-order valence-corrected chi connectivity index (χ0v) is 9.90. The lowest BCUT2D eigenvalue weighted by Crippen LogP contribution is -1.87. The van der Waals surface area contributed by atoms with Crippen LogP contribution in [0.3, 0.4) is 0 Å². The summed E-state index contributed by atoms with van der Waals surface area (Å²) in [5.41, 5.74) is 2.24. The molecular formula is C13H9ClN2O. The van der Waals surface area contributed by atoms with Gasteiger partial charge < -0.3 is 4.74 Å². The number of methoxy groups -OCH3 is 1. The molecule has 0 aliphatic heterocycles. The number of nitriles is 1. The molecule has 0 radical (unpaired) electrons. The number of pyridine rings is 1. The molecule has 2 rings (SSSR count). The monoisotopic (exact) mass is 244 g/mol. The maximum Gasteiger partial charge on any atom is 0.137 e. The van der Waals surface area contributed by atoms with Crippen molar-refractivity contribution in [1.82, 2.24) is 4.98 Å². The Labute approximate surface area is 104 Å². The Morgan fingerprint density at radius 3 is 2.71 bits per heavy atom. The first kappa shape index (κ1) is 11.4. The van der Waals surface area contributed by atoms with E-state index in [1.807, 2.05) is 6.07 Å². The molecule has 0 aliphatic carbocycles. The molecule has 0 aliphatic rings. The number of aromatic nitrogens is 1. The number of rotatable bonds is 2. The summed E-state index contributed by atoms with van der Waals surface area (Å²) < 4.78 is 5.10. The Bertz CT molecular complexity index is 590. The molecule has 0 unspecified atom stereocenters. The van der Waals surface area contributed by atoms with Crippen LogP contribution in [0.1, 0.15) is 5.56 Å². The quantitative estimate of drug-likeness (QED) is 0.814. The van der Waals surface area contributed by atoms with E-state index in [0.717, 1.165) is 11.1 Å². The van der Waals surface area contributed by atoms with Crippen molar-refractivity contribution in [2.75, 3.05) is 7.11 Å². The van der Waals surface area contributed by atoms with Crippen LogP contribution in [0, 0.1) is 11.3 Å². The van der Waals surface area contributed by atoms with Crippen molar-refractivity contribution in [3.8, 4) is 22.9 Å². The Balaban J connectivity index is 2.52. The zero-order valence-electron chi connectivity index (χ0n) is 9.14. The van der Waals surface area contributed by atoms with E-state index in [1.54, 1.807) is 37.7 Å². The Morgan fingerprint density at radius 2 is 2.00 bits per heavy atom. The molecule has 17 heavy (non-hydrogen) atoms. The molecule has 0 saturated heterocycles. The predicted octanol–water partition coefficient (Wildman–Crippen LogP) is 3.28. The second-order valence-corrected chi connectivity index (χ2v) is 3.89. The van der Waals surface area contributed by atoms with E-state index in [1.165, 1.54) is 0 Å². The van der Waals surface area contributed by atoms with Crippen LogP contribution < -0.4 is 4.74 Å². The highest BCUT2D eigenvalue weighted by Gasteiger charge is 2.04. The molecule has 1 heterocycles. The molecule has 2 aromatic rings. The lowest BCUT2D eigenvalue weighted by atomic mass is 10.1. The summed E-state index contributed by atoms with van der Waals surface area (Å²) >= 11 is 5.95. The molecule has 1 aromatic heterocycles. The molecule has 84 valence electrons. The van der Waals surface area contributed by atoms with Gasteiger partial charge in [-0.25, -0.2) is 0 Å². The van der Waals surface area contributed by atoms with Crippen molar-refractivity contribution in [2.45, 2.75) is 0 Å². The predicted molar refractivity (Wildman–Crippen MR) is 66.0 cm³/mol. The van der Waals surface area contributed by atoms with Gasteiger partial charge in [-0.15, -0.1) is 0 Å². The Morgan fingerprint density at radius 1 is 1.18 bits per heavy atom. The van der Waals surface area contributed by atoms with E-state index in [0.29, 0.717) is 16.3 Å². The minimum Gasteiger partial charge on any atom is -0.495 e. The summed E-state index contributed by atoms with van der Waals surface area (Å²) in [6.45, 7) is 0. The SMILES string of the molecule is COc1cncc(-c2cc(Cl)cc(C#N)c2)c1. The normalized spacial score (nSPS) is 9.71. The van der Waals surface area contributed by atoms with Gasteiger partial charge in [0.05, 0.1) is 24.9 Å². The summed E-state index contributed by atoms with van der Waals surface area (Å²) in [6.07, 6.45) is 3.33. The van der Waals surface area contributed by atoms with Crippen LogP contribution in [-0.4, -0.2) is 12.1 Å².